The van der Waals surface area contributed by atoms with Crippen LogP contribution >= 0.6 is 0 Å². The Morgan fingerprint density at radius 1 is 1.00 bits per heavy atom. The van der Waals surface area contributed by atoms with Crippen molar-refractivity contribution in [3.8, 4) is 17.2 Å². The van der Waals surface area contributed by atoms with Crippen LogP contribution in [-0.2, 0) is 4.74 Å². The Bertz CT molecular complexity index is 1100. The minimum absolute atomic E-state index is 0.153. The van der Waals surface area contributed by atoms with Gasteiger partial charge in [-0.1, -0.05) is 36.4 Å². The highest BCUT2D eigenvalue weighted by Crippen LogP contribution is 2.25. The van der Waals surface area contributed by atoms with E-state index in [9.17, 15) is 4.79 Å². The van der Waals surface area contributed by atoms with Gasteiger partial charge in [-0.25, -0.2) is 9.78 Å². The lowest BCUT2D eigenvalue weighted by molar-refractivity contribution is 0.0452. The molecule has 0 fully saturated rings. The zero-order valence-electron chi connectivity index (χ0n) is 15.4. The van der Waals surface area contributed by atoms with Crippen molar-refractivity contribution < 1.29 is 18.7 Å². The molecule has 0 unspecified atom stereocenters. The van der Waals surface area contributed by atoms with Gasteiger partial charge < -0.3 is 13.9 Å². The molecule has 5 heteroatoms. The average molecular weight is 373 g/mol. The van der Waals surface area contributed by atoms with E-state index in [0.29, 0.717) is 22.5 Å². The molecule has 0 aliphatic rings. The average Bonchev–Trinajstić information content (AvgIpc) is 3.26. The molecule has 0 aliphatic carbocycles. The molecule has 5 nitrogen and oxygen atoms in total. The van der Waals surface area contributed by atoms with Gasteiger partial charge in [0.2, 0.25) is 0 Å². The summed E-state index contributed by atoms with van der Waals surface area (Å²) in [6.07, 6.45) is 1.58. The van der Waals surface area contributed by atoms with Gasteiger partial charge in [0.1, 0.15) is 24.7 Å². The number of carbonyl (C=O) groups is 1. The lowest BCUT2D eigenvalue weighted by Crippen LogP contribution is -2.13. The molecule has 4 rings (SSSR count). The van der Waals surface area contributed by atoms with E-state index in [1.165, 1.54) is 0 Å². The maximum atomic E-state index is 12.7. The van der Waals surface area contributed by atoms with Gasteiger partial charge in [-0.05, 0) is 42.8 Å². The molecular weight excluding hydrogens is 354 g/mol. The predicted octanol–water partition coefficient (Wildman–Crippen LogP) is 5.04. The van der Waals surface area contributed by atoms with Crippen LogP contribution in [0.15, 0.2) is 77.4 Å². The summed E-state index contributed by atoms with van der Waals surface area (Å²) in [4.78, 5) is 17.3. The van der Waals surface area contributed by atoms with Crippen molar-refractivity contribution in [3.05, 3.63) is 84.1 Å². The molecule has 0 spiro atoms. The highest BCUT2D eigenvalue weighted by molar-refractivity contribution is 6.04. The Morgan fingerprint density at radius 2 is 1.82 bits per heavy atom. The van der Waals surface area contributed by atoms with Gasteiger partial charge in [0, 0.05) is 5.39 Å². The second kappa shape index (κ2) is 7.96. The number of rotatable bonds is 6. The van der Waals surface area contributed by atoms with E-state index in [1.807, 2.05) is 61.5 Å². The van der Waals surface area contributed by atoms with Gasteiger partial charge in [-0.2, -0.15) is 0 Å². The summed E-state index contributed by atoms with van der Waals surface area (Å²) in [5.74, 6) is 0.968. The minimum atomic E-state index is -0.417. The maximum absolute atomic E-state index is 12.7. The molecule has 2 aromatic heterocycles. The van der Waals surface area contributed by atoms with E-state index in [0.717, 1.165) is 16.7 Å². The van der Waals surface area contributed by atoms with Crippen LogP contribution in [0.4, 0.5) is 0 Å². The molecule has 0 radical (unpaired) electrons. The van der Waals surface area contributed by atoms with Crippen molar-refractivity contribution in [2.24, 2.45) is 0 Å². The number of para-hydroxylation sites is 2. The molecule has 2 heterocycles. The van der Waals surface area contributed by atoms with Crippen molar-refractivity contribution in [1.82, 2.24) is 4.98 Å². The van der Waals surface area contributed by atoms with Crippen LogP contribution < -0.4 is 4.74 Å². The summed E-state index contributed by atoms with van der Waals surface area (Å²) in [5.41, 5.74) is 2.79. The van der Waals surface area contributed by atoms with Gasteiger partial charge in [-0.3, -0.25) is 0 Å². The quantitative estimate of drug-likeness (QED) is 0.350. The van der Waals surface area contributed by atoms with Gasteiger partial charge >= 0.3 is 5.97 Å². The lowest BCUT2D eigenvalue weighted by Gasteiger charge is -2.11. The van der Waals surface area contributed by atoms with E-state index >= 15 is 0 Å². The summed E-state index contributed by atoms with van der Waals surface area (Å²) in [5, 5.41) is 0.739. The van der Waals surface area contributed by atoms with E-state index in [1.54, 1.807) is 18.4 Å². The first kappa shape index (κ1) is 17.8. The molecular formula is C23H19NO4. The molecule has 140 valence electrons. The van der Waals surface area contributed by atoms with Crippen molar-refractivity contribution in [2.75, 3.05) is 13.2 Å². The molecule has 0 amide bonds. The summed E-state index contributed by atoms with van der Waals surface area (Å²) >= 11 is 0. The van der Waals surface area contributed by atoms with Crippen molar-refractivity contribution in [2.45, 2.75) is 6.92 Å². The largest absolute Gasteiger partial charge is 0.490 e. The number of hydrogen-bond acceptors (Lipinski definition) is 5. The Hall–Kier alpha value is -3.60. The molecule has 0 saturated carbocycles. The summed E-state index contributed by atoms with van der Waals surface area (Å²) in [7, 11) is 0. The number of esters is 1. The van der Waals surface area contributed by atoms with Crippen LogP contribution in [0.3, 0.4) is 0 Å². The number of pyridine rings is 1. The molecule has 0 atom stereocenters. The molecule has 0 aliphatic heterocycles. The number of benzene rings is 2. The molecule has 2 aromatic carbocycles. The zero-order valence-corrected chi connectivity index (χ0v) is 15.4. The molecule has 0 bridgehead atoms. The fourth-order valence-corrected chi connectivity index (χ4v) is 2.98. The first-order valence-electron chi connectivity index (χ1n) is 9.01. The fraction of sp³-hybridized carbons (Fsp3) is 0.130. The topological polar surface area (TPSA) is 61.6 Å². The zero-order chi connectivity index (χ0) is 19.3. The highest BCUT2D eigenvalue weighted by atomic mass is 16.6. The van der Waals surface area contributed by atoms with E-state index in [-0.39, 0.29) is 13.2 Å². The Balaban J connectivity index is 1.51. The number of furan rings is 1. The standard InChI is InChI=1S/C23H19NO4/c1-16-7-2-5-10-21(16)27-13-14-28-23(25)18-15-20(22-11-6-12-26-22)24-19-9-4-3-8-17(18)19/h2-12,15H,13-14H2,1H3. The van der Waals surface area contributed by atoms with Gasteiger partial charge in [-0.15, -0.1) is 0 Å². The van der Waals surface area contributed by atoms with Crippen molar-refractivity contribution in [1.29, 1.82) is 0 Å². The Kier molecular flexibility index (Phi) is 5.06. The SMILES string of the molecule is Cc1ccccc1OCCOC(=O)c1cc(-c2ccco2)nc2ccccc12. The maximum Gasteiger partial charge on any atom is 0.339 e. The van der Waals surface area contributed by atoms with Gasteiger partial charge in [0.05, 0.1) is 17.3 Å². The number of nitrogens with zero attached hydrogens (tertiary/aromatic N) is 1. The minimum Gasteiger partial charge on any atom is -0.490 e. The van der Waals surface area contributed by atoms with Crippen LogP contribution in [0, 0.1) is 6.92 Å². The van der Waals surface area contributed by atoms with Crippen LogP contribution in [0.25, 0.3) is 22.4 Å². The first-order valence-corrected chi connectivity index (χ1v) is 9.01. The number of aromatic nitrogens is 1. The summed E-state index contributed by atoms with van der Waals surface area (Å²) in [6.45, 7) is 2.41. The number of aryl methyl sites for hydroxylation is 1. The monoisotopic (exact) mass is 373 g/mol. The summed E-state index contributed by atoms with van der Waals surface area (Å²) in [6, 6.07) is 20.5. The number of ether oxygens (including phenoxy) is 2. The molecule has 0 saturated heterocycles. The first-order chi connectivity index (χ1) is 13.7. The highest BCUT2D eigenvalue weighted by Gasteiger charge is 2.16. The third kappa shape index (κ3) is 3.74. The van der Waals surface area contributed by atoms with Crippen LogP contribution in [-0.4, -0.2) is 24.2 Å². The third-order valence-corrected chi connectivity index (χ3v) is 4.38. The van der Waals surface area contributed by atoms with Crippen LogP contribution in [0.2, 0.25) is 0 Å². The normalized spacial score (nSPS) is 10.8. The molecule has 28 heavy (non-hydrogen) atoms. The Morgan fingerprint density at radius 3 is 2.64 bits per heavy atom. The van der Waals surface area contributed by atoms with E-state index in [2.05, 4.69) is 4.98 Å². The third-order valence-electron chi connectivity index (χ3n) is 4.38. The molecule has 0 N–H and O–H groups in total. The number of carbonyl (C=O) groups excluding carboxylic acids is 1. The smallest absolute Gasteiger partial charge is 0.339 e. The second-order valence-electron chi connectivity index (χ2n) is 6.30. The van der Waals surface area contributed by atoms with E-state index in [4.69, 9.17) is 13.9 Å². The lowest BCUT2D eigenvalue weighted by atomic mass is 10.1. The van der Waals surface area contributed by atoms with Crippen LogP contribution in [0.1, 0.15) is 15.9 Å². The van der Waals surface area contributed by atoms with E-state index < -0.39 is 5.97 Å². The van der Waals surface area contributed by atoms with Gasteiger partial charge in [0.15, 0.2) is 5.76 Å². The fourth-order valence-electron chi connectivity index (χ4n) is 2.98. The Labute approximate surface area is 162 Å². The number of fused-ring (bicyclic) bond motifs is 1. The summed E-state index contributed by atoms with van der Waals surface area (Å²) < 4.78 is 16.6. The van der Waals surface area contributed by atoms with Crippen LogP contribution in [0.5, 0.6) is 5.75 Å². The predicted molar refractivity (Wildman–Crippen MR) is 106 cm³/mol. The second-order valence-corrected chi connectivity index (χ2v) is 6.30. The van der Waals surface area contributed by atoms with Crippen molar-refractivity contribution in [3.63, 3.8) is 0 Å². The van der Waals surface area contributed by atoms with Crippen molar-refractivity contribution >= 4 is 16.9 Å². The number of hydrogen-bond donors (Lipinski definition) is 0. The molecule has 4 aromatic rings. The van der Waals surface area contributed by atoms with Gasteiger partial charge in [0.25, 0.3) is 0 Å².